The number of aryl methyl sites for hydroxylation is 1. The van der Waals surface area contributed by atoms with Crippen molar-refractivity contribution in [3.63, 3.8) is 0 Å². The Kier molecular flexibility index (Phi) is 3.00. The van der Waals surface area contributed by atoms with Crippen LogP contribution in [0.25, 0.3) is 6.08 Å². The van der Waals surface area contributed by atoms with Crippen molar-refractivity contribution in [1.82, 2.24) is 4.90 Å². The van der Waals surface area contributed by atoms with Gasteiger partial charge in [-0.15, -0.1) is 0 Å². The van der Waals surface area contributed by atoms with Gasteiger partial charge >= 0.3 is 5.91 Å². The van der Waals surface area contributed by atoms with E-state index >= 15 is 0 Å². The van der Waals surface area contributed by atoms with E-state index < -0.39 is 5.91 Å². The van der Waals surface area contributed by atoms with Gasteiger partial charge in [0, 0.05) is 24.3 Å². The fraction of sp³-hybridized carbons (Fsp3) is 0.158. The Bertz CT molecular complexity index is 902. The molecule has 0 aromatic heterocycles. The number of hydrogen-bond donors (Lipinski definition) is 0. The normalized spacial score (nSPS) is 20.9. The summed E-state index contributed by atoms with van der Waals surface area (Å²) in [5, 5.41) is 0. The highest BCUT2D eigenvalue weighted by molar-refractivity contribution is 5.98. The Morgan fingerprint density at radius 3 is 2.75 bits per heavy atom. The third kappa shape index (κ3) is 1.94. The van der Waals surface area contributed by atoms with E-state index in [1.807, 2.05) is 19.1 Å². The maximum Gasteiger partial charge on any atom is 0.362 e. The molecule has 2 aliphatic rings. The summed E-state index contributed by atoms with van der Waals surface area (Å²) in [6.45, 7) is 1.86. The maximum absolute atomic E-state index is 12.7. The number of rotatable bonds is 1. The molecule has 2 heterocycles. The lowest BCUT2D eigenvalue weighted by Crippen LogP contribution is -2.60. The fourth-order valence-corrected chi connectivity index (χ4v) is 3.05. The molecule has 0 radical (unpaired) electrons. The van der Waals surface area contributed by atoms with Gasteiger partial charge in [-0.05, 0) is 42.8 Å². The van der Waals surface area contributed by atoms with Crippen molar-refractivity contribution in [2.75, 3.05) is 7.05 Å². The molecular weight excluding hydrogens is 306 g/mol. The van der Waals surface area contributed by atoms with E-state index in [1.165, 1.54) is 4.90 Å². The summed E-state index contributed by atoms with van der Waals surface area (Å²) in [5.74, 6) is -0.420. The zero-order valence-corrected chi connectivity index (χ0v) is 13.3. The maximum atomic E-state index is 12.7. The van der Waals surface area contributed by atoms with E-state index in [4.69, 9.17) is 9.47 Å². The predicted octanol–water partition coefficient (Wildman–Crippen LogP) is 3.03. The van der Waals surface area contributed by atoms with Gasteiger partial charge in [0.05, 0.1) is 5.56 Å². The number of para-hydroxylation sites is 1. The van der Waals surface area contributed by atoms with Crippen molar-refractivity contribution in [3.05, 3.63) is 64.7 Å². The largest absolute Gasteiger partial charge is 0.431 e. The second-order valence-electron chi connectivity index (χ2n) is 5.90. The molecule has 0 aliphatic carbocycles. The molecule has 2 aromatic rings. The van der Waals surface area contributed by atoms with Gasteiger partial charge in [0.1, 0.15) is 17.8 Å². The topological polar surface area (TPSA) is 55.8 Å². The van der Waals surface area contributed by atoms with Gasteiger partial charge in [0.25, 0.3) is 5.91 Å². The summed E-state index contributed by atoms with van der Waals surface area (Å²) in [5.41, 5.74) is 2.67. The second-order valence-corrected chi connectivity index (χ2v) is 5.90. The SMILES string of the molecule is Cc1cc(C=O)cc2c1O[C@@]1(C=C2)Oc2ccccc2C(=O)N1C. The lowest BCUT2D eigenvalue weighted by atomic mass is 10.0. The quantitative estimate of drug-likeness (QED) is 0.758. The van der Waals surface area contributed by atoms with Crippen molar-refractivity contribution in [3.8, 4) is 11.5 Å². The molecule has 2 aromatic carbocycles. The number of amides is 1. The van der Waals surface area contributed by atoms with Crippen LogP contribution in [0.1, 0.15) is 31.8 Å². The van der Waals surface area contributed by atoms with Crippen LogP contribution in [0, 0.1) is 6.92 Å². The van der Waals surface area contributed by atoms with Gasteiger partial charge in [-0.1, -0.05) is 12.1 Å². The average molecular weight is 321 g/mol. The van der Waals surface area contributed by atoms with Gasteiger partial charge in [-0.3, -0.25) is 14.5 Å². The molecule has 4 rings (SSSR count). The first-order valence-corrected chi connectivity index (χ1v) is 7.58. The van der Waals surface area contributed by atoms with Crippen molar-refractivity contribution < 1.29 is 19.1 Å². The Morgan fingerprint density at radius 1 is 1.17 bits per heavy atom. The molecule has 2 aliphatic heterocycles. The molecule has 5 nitrogen and oxygen atoms in total. The highest BCUT2D eigenvalue weighted by Gasteiger charge is 2.47. The van der Waals surface area contributed by atoms with Gasteiger partial charge < -0.3 is 9.47 Å². The lowest BCUT2D eigenvalue weighted by molar-refractivity contribution is -0.166. The minimum absolute atomic E-state index is 0.174. The zero-order chi connectivity index (χ0) is 16.9. The molecular formula is C19H15NO4. The van der Waals surface area contributed by atoms with Crippen LogP contribution in [0.15, 0.2) is 42.5 Å². The number of likely N-dealkylation sites (N-methyl/N-ethyl adjacent to an activating group) is 1. The molecule has 1 atom stereocenters. The van der Waals surface area contributed by atoms with Crippen LogP contribution < -0.4 is 9.47 Å². The minimum Gasteiger partial charge on any atom is -0.431 e. The summed E-state index contributed by atoms with van der Waals surface area (Å²) in [7, 11) is 1.64. The number of carbonyl (C=O) groups excluding carboxylic acids is 2. The number of fused-ring (bicyclic) bond motifs is 2. The number of hydrogen-bond acceptors (Lipinski definition) is 4. The summed E-state index contributed by atoms with van der Waals surface area (Å²) in [6.07, 6.45) is 4.31. The zero-order valence-electron chi connectivity index (χ0n) is 13.3. The molecule has 0 bridgehead atoms. The van der Waals surface area contributed by atoms with E-state index in [2.05, 4.69) is 0 Å². The summed E-state index contributed by atoms with van der Waals surface area (Å²) >= 11 is 0. The molecule has 24 heavy (non-hydrogen) atoms. The second kappa shape index (κ2) is 4.96. The van der Waals surface area contributed by atoms with Crippen LogP contribution >= 0.6 is 0 Å². The van der Waals surface area contributed by atoms with Crippen molar-refractivity contribution in [1.29, 1.82) is 0 Å². The fourth-order valence-electron chi connectivity index (χ4n) is 3.05. The third-order valence-electron chi connectivity index (χ3n) is 4.33. The molecule has 5 heteroatoms. The van der Waals surface area contributed by atoms with E-state index in [0.717, 1.165) is 17.4 Å². The third-order valence-corrected chi connectivity index (χ3v) is 4.33. The van der Waals surface area contributed by atoms with E-state index in [-0.39, 0.29) is 5.91 Å². The van der Waals surface area contributed by atoms with E-state index in [1.54, 1.807) is 43.5 Å². The van der Waals surface area contributed by atoms with Crippen molar-refractivity contribution in [2.45, 2.75) is 12.8 Å². The Hall–Kier alpha value is -3.08. The van der Waals surface area contributed by atoms with Gasteiger partial charge in [0.2, 0.25) is 0 Å². The van der Waals surface area contributed by atoms with Crippen molar-refractivity contribution in [2.24, 2.45) is 0 Å². The Morgan fingerprint density at radius 2 is 1.96 bits per heavy atom. The number of aldehydes is 1. The number of nitrogens with zero attached hydrogens (tertiary/aromatic N) is 1. The van der Waals surface area contributed by atoms with Crippen LogP contribution in [0.2, 0.25) is 0 Å². The Labute approximate surface area is 139 Å². The molecule has 1 spiro atoms. The first-order chi connectivity index (χ1) is 11.5. The van der Waals surface area contributed by atoms with E-state index in [0.29, 0.717) is 22.6 Å². The number of carbonyl (C=O) groups is 2. The van der Waals surface area contributed by atoms with Crippen LogP contribution in [0.3, 0.4) is 0 Å². The monoisotopic (exact) mass is 321 g/mol. The molecule has 0 saturated heterocycles. The van der Waals surface area contributed by atoms with Crippen LogP contribution in [0.5, 0.6) is 11.5 Å². The van der Waals surface area contributed by atoms with Crippen LogP contribution in [-0.2, 0) is 0 Å². The first-order valence-electron chi connectivity index (χ1n) is 7.58. The summed E-state index contributed by atoms with van der Waals surface area (Å²) in [6, 6.07) is 10.6. The Balaban J connectivity index is 1.82. The molecule has 1 amide bonds. The lowest BCUT2D eigenvalue weighted by Gasteiger charge is -2.44. The van der Waals surface area contributed by atoms with Crippen molar-refractivity contribution >= 4 is 18.3 Å². The molecule has 0 fully saturated rings. The van der Waals surface area contributed by atoms with Gasteiger partial charge in [0.15, 0.2) is 0 Å². The standard InChI is InChI=1S/C19H15NO4/c1-12-9-13(11-21)10-14-7-8-19(24-17(12)14)20(2)18(22)15-5-3-4-6-16(15)23-19/h3-11H,1-2H3/t19-/m1/s1. The molecule has 120 valence electrons. The van der Waals surface area contributed by atoms with Crippen LogP contribution in [-0.4, -0.2) is 30.1 Å². The first kappa shape index (κ1) is 14.5. The van der Waals surface area contributed by atoms with Gasteiger partial charge in [-0.2, -0.15) is 0 Å². The average Bonchev–Trinajstić information content (AvgIpc) is 2.60. The highest BCUT2D eigenvalue weighted by atomic mass is 16.7. The number of benzene rings is 2. The minimum atomic E-state index is -1.33. The molecule has 0 N–H and O–H groups in total. The smallest absolute Gasteiger partial charge is 0.362 e. The molecule has 0 unspecified atom stereocenters. The molecule has 0 saturated carbocycles. The summed E-state index contributed by atoms with van der Waals surface area (Å²) in [4.78, 5) is 25.1. The van der Waals surface area contributed by atoms with E-state index in [9.17, 15) is 9.59 Å². The highest BCUT2D eigenvalue weighted by Crippen LogP contribution is 2.40. The van der Waals surface area contributed by atoms with Crippen LogP contribution in [0.4, 0.5) is 0 Å². The predicted molar refractivity (Wildman–Crippen MR) is 88.1 cm³/mol. The number of ether oxygens (including phenoxy) is 2. The summed E-state index contributed by atoms with van der Waals surface area (Å²) < 4.78 is 12.1. The van der Waals surface area contributed by atoms with Gasteiger partial charge in [-0.25, -0.2) is 0 Å².